The van der Waals surface area contributed by atoms with E-state index in [1.165, 1.54) is 0 Å². The largest absolute Gasteiger partial charge is 1.00 e. The van der Waals surface area contributed by atoms with E-state index in [4.69, 9.17) is 37.7 Å². The molecule has 0 spiro atoms. The molecule has 0 aromatic heterocycles. The fourth-order valence-electron chi connectivity index (χ4n) is 1.38. The molecule has 0 unspecified atom stereocenters. The summed E-state index contributed by atoms with van der Waals surface area (Å²) in [6.45, 7) is 4.99. The second-order valence-corrected chi connectivity index (χ2v) is 4.47. The Bertz CT molecular complexity index is 220. The van der Waals surface area contributed by atoms with Crippen molar-refractivity contribution < 1.29 is 72.3 Å². The van der Waals surface area contributed by atoms with E-state index in [1.54, 1.807) is 14.2 Å². The predicted octanol–water partition coefficient (Wildman–Crippen LogP) is -4.27. The molecule has 25 heavy (non-hydrogen) atoms. The summed E-state index contributed by atoms with van der Waals surface area (Å²) < 4.78 is 40.3. The zero-order chi connectivity index (χ0) is 17.7. The van der Waals surface area contributed by atoms with Gasteiger partial charge in [0.1, 0.15) is 0 Å². The third-order valence-corrected chi connectivity index (χ3v) is 2.57. The summed E-state index contributed by atoms with van der Waals surface area (Å²) in [5.41, 5.74) is 0. The van der Waals surface area contributed by atoms with Gasteiger partial charge < -0.3 is 42.8 Å². The van der Waals surface area contributed by atoms with Gasteiger partial charge in [-0.05, 0) is 0 Å². The first kappa shape index (κ1) is 27.9. The molecule has 0 N–H and O–H groups in total. The molecular formula is C14H30BNaO9. The minimum Gasteiger partial charge on any atom is -0.832 e. The summed E-state index contributed by atoms with van der Waals surface area (Å²) in [7, 11) is 1.70. The molecule has 0 aliphatic rings. The Hall–Kier alpha value is 0.705. The summed E-state index contributed by atoms with van der Waals surface area (Å²) in [4.78, 5) is 0. The van der Waals surface area contributed by atoms with E-state index >= 15 is 0 Å². The minimum absolute atomic E-state index is 0. The second-order valence-electron chi connectivity index (χ2n) is 4.47. The second kappa shape index (κ2) is 24.7. The molecule has 0 aromatic rings. The third kappa shape index (κ3) is 24.7. The van der Waals surface area contributed by atoms with Crippen LogP contribution in [0, 0.1) is 0 Å². The maximum Gasteiger partial charge on any atom is 1.00 e. The Kier molecular flexibility index (Phi) is 27.6. The van der Waals surface area contributed by atoms with Crippen LogP contribution >= 0.6 is 0 Å². The van der Waals surface area contributed by atoms with Gasteiger partial charge in [0.25, 0.3) is 0 Å². The van der Waals surface area contributed by atoms with Crippen molar-refractivity contribution in [2.75, 3.05) is 93.5 Å². The van der Waals surface area contributed by atoms with Crippen LogP contribution in [0.25, 0.3) is 0 Å². The van der Waals surface area contributed by atoms with Gasteiger partial charge in [0, 0.05) is 14.2 Å². The molecule has 0 heterocycles. The van der Waals surface area contributed by atoms with E-state index < -0.39 is 7.32 Å². The summed E-state index contributed by atoms with van der Waals surface area (Å²) >= 11 is 0. The molecule has 0 aliphatic carbocycles. The van der Waals surface area contributed by atoms with Gasteiger partial charge in [0.05, 0.1) is 79.3 Å². The quantitative estimate of drug-likeness (QED) is 0.155. The monoisotopic (exact) mass is 376 g/mol. The van der Waals surface area contributed by atoms with E-state index in [9.17, 15) is 5.02 Å². The number of ether oxygens (including phenoxy) is 6. The van der Waals surface area contributed by atoms with Gasteiger partial charge in [0.2, 0.25) is 0 Å². The van der Waals surface area contributed by atoms with Crippen molar-refractivity contribution in [2.24, 2.45) is 0 Å². The molecule has 0 saturated heterocycles. The summed E-state index contributed by atoms with van der Waals surface area (Å²) in [5.74, 6) is 0. The first-order chi connectivity index (χ1) is 11.8. The molecule has 0 rings (SSSR count). The molecular weight excluding hydrogens is 346 g/mol. The summed E-state index contributed by atoms with van der Waals surface area (Å²) in [6, 6.07) is 0. The molecule has 0 bridgehead atoms. The number of rotatable bonds is 20. The van der Waals surface area contributed by atoms with Crippen molar-refractivity contribution in [1.29, 1.82) is 0 Å². The zero-order valence-electron chi connectivity index (χ0n) is 15.7. The van der Waals surface area contributed by atoms with Crippen LogP contribution in [0.4, 0.5) is 0 Å². The average Bonchev–Trinajstić information content (AvgIpc) is 2.59. The predicted molar refractivity (Wildman–Crippen MR) is 84.7 cm³/mol. The molecule has 0 aromatic carbocycles. The Balaban J connectivity index is 0. The molecule has 144 valence electrons. The SMILES string of the molecule is COCCOCCOCCOB([O-])OCCOCCOCCOC.[Na+]. The Morgan fingerprint density at radius 2 is 0.800 bits per heavy atom. The van der Waals surface area contributed by atoms with Gasteiger partial charge in [-0.2, -0.15) is 0 Å². The Morgan fingerprint density at radius 3 is 1.12 bits per heavy atom. The van der Waals surface area contributed by atoms with Crippen molar-refractivity contribution >= 4 is 7.32 Å². The van der Waals surface area contributed by atoms with Gasteiger partial charge in [-0.3, -0.25) is 0 Å². The molecule has 0 atom stereocenters. The van der Waals surface area contributed by atoms with Crippen molar-refractivity contribution in [3.8, 4) is 0 Å². The molecule has 9 nitrogen and oxygen atoms in total. The van der Waals surface area contributed by atoms with E-state index in [0.29, 0.717) is 66.1 Å². The van der Waals surface area contributed by atoms with Crippen LogP contribution < -0.4 is 34.6 Å². The van der Waals surface area contributed by atoms with Crippen molar-refractivity contribution in [1.82, 2.24) is 0 Å². The van der Waals surface area contributed by atoms with Crippen LogP contribution in [0.1, 0.15) is 0 Å². The van der Waals surface area contributed by atoms with Gasteiger partial charge in [0.15, 0.2) is 0 Å². The van der Waals surface area contributed by atoms with Crippen LogP contribution in [0.2, 0.25) is 0 Å². The van der Waals surface area contributed by atoms with Crippen molar-refractivity contribution in [2.45, 2.75) is 0 Å². The summed E-state index contributed by atoms with van der Waals surface area (Å²) in [5, 5.41) is 11.3. The van der Waals surface area contributed by atoms with Crippen molar-refractivity contribution in [3.05, 3.63) is 0 Å². The topological polar surface area (TPSA) is 96.9 Å². The maximum atomic E-state index is 11.3. The van der Waals surface area contributed by atoms with E-state index in [-0.39, 0.29) is 42.8 Å². The Labute approximate surface area is 173 Å². The smallest absolute Gasteiger partial charge is 0.832 e. The standard InChI is InChI=1S/C14H30BO9.Na/c1-17-3-5-19-7-9-21-11-13-23-15(16)24-14-12-22-10-8-20-6-4-18-2;/h3-14H2,1-2H3;/q-1;+1. The van der Waals surface area contributed by atoms with Crippen LogP contribution in [-0.2, 0) is 37.7 Å². The normalized spacial score (nSPS) is 10.7. The maximum absolute atomic E-state index is 11.3. The first-order valence-electron chi connectivity index (χ1n) is 7.99. The molecule has 0 amide bonds. The fraction of sp³-hybridized carbons (Fsp3) is 1.00. The van der Waals surface area contributed by atoms with Crippen LogP contribution in [0.5, 0.6) is 0 Å². The minimum atomic E-state index is -1.53. The van der Waals surface area contributed by atoms with Crippen LogP contribution in [-0.4, -0.2) is 101 Å². The van der Waals surface area contributed by atoms with Crippen LogP contribution in [0.15, 0.2) is 0 Å². The van der Waals surface area contributed by atoms with E-state index in [1.807, 2.05) is 0 Å². The molecule has 0 fully saturated rings. The van der Waals surface area contributed by atoms with Crippen molar-refractivity contribution in [3.63, 3.8) is 0 Å². The van der Waals surface area contributed by atoms with Gasteiger partial charge in [-0.15, -0.1) is 0 Å². The number of methoxy groups -OCH3 is 2. The molecule has 0 radical (unpaired) electrons. The average molecular weight is 376 g/mol. The van der Waals surface area contributed by atoms with E-state index in [0.717, 1.165) is 0 Å². The first-order valence-corrected chi connectivity index (χ1v) is 7.99. The van der Waals surface area contributed by atoms with E-state index in [2.05, 4.69) is 0 Å². The molecule has 0 saturated carbocycles. The van der Waals surface area contributed by atoms with Gasteiger partial charge in [-0.1, -0.05) is 0 Å². The number of hydrogen-bond acceptors (Lipinski definition) is 9. The molecule has 11 heteroatoms. The third-order valence-electron chi connectivity index (χ3n) is 2.57. The summed E-state index contributed by atoms with van der Waals surface area (Å²) in [6.07, 6.45) is 0. The van der Waals surface area contributed by atoms with Gasteiger partial charge in [-0.25, -0.2) is 0 Å². The van der Waals surface area contributed by atoms with Gasteiger partial charge >= 0.3 is 36.9 Å². The Morgan fingerprint density at radius 1 is 0.520 bits per heavy atom. The number of hydrogen-bond donors (Lipinski definition) is 0. The van der Waals surface area contributed by atoms with Crippen LogP contribution in [0.3, 0.4) is 0 Å². The fourth-order valence-corrected chi connectivity index (χ4v) is 1.38. The zero-order valence-corrected chi connectivity index (χ0v) is 17.7. The molecule has 0 aliphatic heterocycles.